The Bertz CT molecular complexity index is 908. The molecule has 5 nitrogen and oxygen atoms in total. The van der Waals surface area contributed by atoms with Gasteiger partial charge < -0.3 is 14.8 Å². The number of hydrogen-bond donors (Lipinski definition) is 1. The number of anilines is 1. The number of ether oxygens (including phenoxy) is 2. The molecule has 1 aliphatic rings. The fourth-order valence-corrected chi connectivity index (χ4v) is 3.65. The van der Waals surface area contributed by atoms with Gasteiger partial charge in [-0.05, 0) is 23.3 Å². The van der Waals surface area contributed by atoms with Crippen LogP contribution in [0, 0.1) is 0 Å². The molecule has 1 N–H and O–H groups in total. The minimum Gasteiger partial charge on any atom is -0.486 e. The molecule has 6 heteroatoms. The molecule has 132 valence electrons. The molecule has 0 fully saturated rings. The van der Waals surface area contributed by atoms with Gasteiger partial charge >= 0.3 is 0 Å². The number of fused-ring (bicyclic) bond motifs is 1. The van der Waals surface area contributed by atoms with Crippen molar-refractivity contribution in [1.82, 2.24) is 4.98 Å². The first-order chi connectivity index (χ1) is 12.8. The number of aromatic nitrogens is 1. The molecule has 0 atom stereocenters. The lowest BCUT2D eigenvalue weighted by Gasteiger charge is -2.18. The number of thiazole rings is 1. The van der Waals surface area contributed by atoms with Crippen LogP contribution in [-0.4, -0.2) is 24.1 Å². The third-order valence-electron chi connectivity index (χ3n) is 3.99. The minimum atomic E-state index is -0.0951. The summed E-state index contributed by atoms with van der Waals surface area (Å²) in [5, 5.41) is 3.50. The summed E-state index contributed by atoms with van der Waals surface area (Å²) in [6.07, 6.45) is 2.90. The number of carbonyl (C=O) groups excluding carboxylic acids is 1. The van der Waals surface area contributed by atoms with E-state index < -0.39 is 0 Å². The lowest BCUT2D eigenvalue weighted by atomic mass is 10.1. The minimum absolute atomic E-state index is 0.0951. The van der Waals surface area contributed by atoms with Gasteiger partial charge in [0, 0.05) is 17.5 Å². The summed E-state index contributed by atoms with van der Waals surface area (Å²) >= 11 is 1.50. The summed E-state index contributed by atoms with van der Waals surface area (Å²) < 4.78 is 11.1. The van der Waals surface area contributed by atoms with Crippen molar-refractivity contribution < 1.29 is 14.3 Å². The van der Waals surface area contributed by atoms with Crippen LogP contribution in [0.3, 0.4) is 0 Å². The number of amides is 1. The Labute approximate surface area is 155 Å². The molecule has 0 spiro atoms. The Hall–Kier alpha value is -2.86. The molecule has 0 saturated heterocycles. The van der Waals surface area contributed by atoms with E-state index in [2.05, 4.69) is 22.4 Å². The fraction of sp³-hybridized carbons (Fsp3) is 0.200. The van der Waals surface area contributed by atoms with Crippen molar-refractivity contribution in [3.63, 3.8) is 0 Å². The van der Waals surface area contributed by atoms with Crippen LogP contribution in [0.2, 0.25) is 0 Å². The molecule has 2 heterocycles. The number of carbonyl (C=O) groups is 1. The highest BCUT2D eigenvalue weighted by Gasteiger charge is 2.14. The van der Waals surface area contributed by atoms with Crippen LogP contribution in [0.15, 0.2) is 54.7 Å². The first-order valence-corrected chi connectivity index (χ1v) is 9.25. The summed E-state index contributed by atoms with van der Waals surface area (Å²) in [5.74, 6) is 1.33. The number of rotatable bonds is 5. The zero-order valence-electron chi connectivity index (χ0n) is 14.1. The maximum absolute atomic E-state index is 12.3. The maximum atomic E-state index is 12.3. The van der Waals surface area contributed by atoms with Gasteiger partial charge in [-0.25, -0.2) is 4.98 Å². The molecule has 26 heavy (non-hydrogen) atoms. The maximum Gasteiger partial charge on any atom is 0.230 e. The Morgan fingerprint density at radius 2 is 1.85 bits per heavy atom. The summed E-state index contributed by atoms with van der Waals surface area (Å²) in [4.78, 5) is 17.7. The van der Waals surface area contributed by atoms with Gasteiger partial charge in [-0.3, -0.25) is 4.79 Å². The predicted molar refractivity (Wildman–Crippen MR) is 101 cm³/mol. The van der Waals surface area contributed by atoms with Crippen molar-refractivity contribution in [2.45, 2.75) is 12.8 Å². The van der Waals surface area contributed by atoms with Crippen LogP contribution in [0.4, 0.5) is 5.13 Å². The molecule has 0 saturated carbocycles. The second kappa shape index (κ2) is 7.58. The van der Waals surface area contributed by atoms with Gasteiger partial charge in [0.15, 0.2) is 16.6 Å². The highest BCUT2D eigenvalue weighted by atomic mass is 32.1. The van der Waals surface area contributed by atoms with Gasteiger partial charge in [-0.1, -0.05) is 36.4 Å². The van der Waals surface area contributed by atoms with Crippen LogP contribution in [0.1, 0.15) is 16.0 Å². The van der Waals surface area contributed by atoms with Crippen molar-refractivity contribution in [2.24, 2.45) is 0 Å². The predicted octanol–water partition coefficient (Wildman–Crippen LogP) is 3.69. The number of hydrogen-bond acceptors (Lipinski definition) is 5. The average molecular weight is 366 g/mol. The smallest absolute Gasteiger partial charge is 0.230 e. The summed E-state index contributed by atoms with van der Waals surface area (Å²) in [6.45, 7) is 1.09. The molecule has 4 rings (SSSR count). The molecule has 0 bridgehead atoms. The van der Waals surface area contributed by atoms with Gasteiger partial charge in [0.1, 0.15) is 13.2 Å². The molecule has 1 aromatic heterocycles. The molecule has 1 amide bonds. The van der Waals surface area contributed by atoms with Crippen LogP contribution in [0.5, 0.6) is 11.5 Å². The van der Waals surface area contributed by atoms with Crippen LogP contribution < -0.4 is 14.8 Å². The van der Waals surface area contributed by atoms with Crippen molar-refractivity contribution in [2.75, 3.05) is 18.5 Å². The number of benzene rings is 2. The van der Waals surface area contributed by atoms with Crippen LogP contribution in [-0.2, 0) is 17.6 Å². The van der Waals surface area contributed by atoms with Crippen LogP contribution >= 0.6 is 11.3 Å². The SMILES string of the molecule is O=C(Cc1ccc2c(c1)OCCO2)Nc1ncc(Cc2ccccc2)s1. The standard InChI is InChI=1S/C20H18N2O3S/c23-19(12-15-6-7-17-18(11-15)25-9-8-24-17)22-20-21-13-16(26-20)10-14-4-2-1-3-5-14/h1-7,11,13H,8-10,12H2,(H,21,22,23). The first kappa shape index (κ1) is 16.6. The largest absolute Gasteiger partial charge is 0.486 e. The van der Waals surface area contributed by atoms with E-state index >= 15 is 0 Å². The summed E-state index contributed by atoms with van der Waals surface area (Å²) in [6, 6.07) is 15.8. The van der Waals surface area contributed by atoms with Gasteiger partial charge in [-0.2, -0.15) is 0 Å². The fourth-order valence-electron chi connectivity index (χ4n) is 2.79. The third kappa shape index (κ3) is 4.03. The van der Waals surface area contributed by atoms with E-state index in [0.717, 1.165) is 22.6 Å². The second-order valence-electron chi connectivity index (χ2n) is 6.00. The van der Waals surface area contributed by atoms with Gasteiger partial charge in [0.2, 0.25) is 5.91 Å². The molecule has 2 aromatic carbocycles. The zero-order valence-corrected chi connectivity index (χ0v) is 14.9. The summed E-state index contributed by atoms with van der Waals surface area (Å²) in [7, 11) is 0. The zero-order chi connectivity index (χ0) is 17.8. The topological polar surface area (TPSA) is 60.5 Å². The van der Waals surface area contributed by atoms with Crippen LogP contribution in [0.25, 0.3) is 0 Å². The van der Waals surface area contributed by atoms with E-state index in [0.29, 0.717) is 24.1 Å². The molecular weight excluding hydrogens is 348 g/mol. The molecule has 3 aromatic rings. The van der Waals surface area contributed by atoms with E-state index in [4.69, 9.17) is 9.47 Å². The lowest BCUT2D eigenvalue weighted by Crippen LogP contribution is -2.17. The average Bonchev–Trinajstić information content (AvgIpc) is 3.09. The van der Waals surface area contributed by atoms with Gasteiger partial charge in [-0.15, -0.1) is 11.3 Å². The van der Waals surface area contributed by atoms with E-state index in [1.807, 2.05) is 42.6 Å². The number of nitrogens with zero attached hydrogens (tertiary/aromatic N) is 1. The van der Waals surface area contributed by atoms with Gasteiger partial charge in [0.05, 0.1) is 6.42 Å². The molecule has 0 radical (unpaired) electrons. The molecule has 1 aliphatic heterocycles. The van der Waals surface area contributed by atoms with Crippen molar-refractivity contribution in [3.8, 4) is 11.5 Å². The molecular formula is C20H18N2O3S. The Balaban J connectivity index is 1.36. The quantitative estimate of drug-likeness (QED) is 0.748. The second-order valence-corrected chi connectivity index (χ2v) is 7.11. The van der Waals surface area contributed by atoms with E-state index in [9.17, 15) is 4.79 Å². The Morgan fingerprint density at radius 1 is 1.04 bits per heavy atom. The third-order valence-corrected chi connectivity index (χ3v) is 4.91. The van der Waals surface area contributed by atoms with E-state index in [1.54, 1.807) is 0 Å². The first-order valence-electron chi connectivity index (χ1n) is 8.43. The lowest BCUT2D eigenvalue weighted by molar-refractivity contribution is -0.115. The van der Waals surface area contributed by atoms with Crippen molar-refractivity contribution >= 4 is 22.4 Å². The molecule has 0 unspecified atom stereocenters. The Kier molecular flexibility index (Phi) is 4.84. The molecule has 0 aliphatic carbocycles. The van der Waals surface area contributed by atoms with E-state index in [1.165, 1.54) is 16.9 Å². The highest BCUT2D eigenvalue weighted by Crippen LogP contribution is 2.31. The van der Waals surface area contributed by atoms with E-state index in [-0.39, 0.29) is 12.3 Å². The highest BCUT2D eigenvalue weighted by molar-refractivity contribution is 7.15. The van der Waals surface area contributed by atoms with Gasteiger partial charge in [0.25, 0.3) is 0 Å². The number of nitrogens with one attached hydrogen (secondary N) is 1. The monoisotopic (exact) mass is 366 g/mol. The summed E-state index contributed by atoms with van der Waals surface area (Å²) in [5.41, 5.74) is 2.11. The van der Waals surface area contributed by atoms with Crippen molar-refractivity contribution in [1.29, 1.82) is 0 Å². The van der Waals surface area contributed by atoms with Crippen molar-refractivity contribution in [3.05, 3.63) is 70.7 Å². The normalized spacial score (nSPS) is 12.6. The Morgan fingerprint density at radius 3 is 2.69 bits per heavy atom.